The number of halogens is 1. The zero-order valence-corrected chi connectivity index (χ0v) is 7.81. The zero-order chi connectivity index (χ0) is 7.72. The van der Waals surface area contributed by atoms with E-state index in [1.54, 1.807) is 0 Å². The fourth-order valence-electron chi connectivity index (χ4n) is 1.16. The first-order valence-corrected chi connectivity index (χ1v) is 4.42. The van der Waals surface area contributed by atoms with Crippen LogP contribution in [-0.4, -0.2) is 10.6 Å². The first kappa shape index (κ1) is 7.99. The van der Waals surface area contributed by atoms with E-state index in [1.165, 1.54) is 0 Å². The molecule has 1 aliphatic carbocycles. The summed E-state index contributed by atoms with van der Waals surface area (Å²) in [5.41, 5.74) is 0.988. The Morgan fingerprint density at radius 3 is 2.50 bits per heavy atom. The lowest BCUT2D eigenvalue weighted by Crippen LogP contribution is -2.02. The van der Waals surface area contributed by atoms with E-state index in [0.29, 0.717) is 18.1 Å². The zero-order valence-electron chi connectivity index (χ0n) is 6.23. The molecule has 2 heteroatoms. The third-order valence-electron chi connectivity index (χ3n) is 1.68. The standard InChI is InChI=1S/C8H11BrO/c1-5(2)7-3-6(9)4-8(7)10/h3,5-6H,4H2,1-2H3. The highest BCUT2D eigenvalue weighted by atomic mass is 79.9. The van der Waals surface area contributed by atoms with Crippen molar-refractivity contribution in [2.75, 3.05) is 0 Å². The second-order valence-corrected chi connectivity index (χ2v) is 4.10. The van der Waals surface area contributed by atoms with Crippen LogP contribution in [0.15, 0.2) is 11.6 Å². The fourth-order valence-corrected chi connectivity index (χ4v) is 1.73. The van der Waals surface area contributed by atoms with Gasteiger partial charge in [-0.3, -0.25) is 4.79 Å². The Kier molecular flexibility index (Phi) is 2.29. The quantitative estimate of drug-likeness (QED) is 0.597. The van der Waals surface area contributed by atoms with Crippen LogP contribution in [0.25, 0.3) is 0 Å². The van der Waals surface area contributed by atoms with Crippen LogP contribution >= 0.6 is 15.9 Å². The second-order valence-electron chi connectivity index (χ2n) is 2.92. The van der Waals surface area contributed by atoms with Gasteiger partial charge in [-0.05, 0) is 11.5 Å². The molecule has 0 aliphatic heterocycles. The van der Waals surface area contributed by atoms with Crippen molar-refractivity contribution in [2.45, 2.75) is 25.1 Å². The minimum Gasteiger partial charge on any atom is -0.295 e. The van der Waals surface area contributed by atoms with Crippen LogP contribution in [0.2, 0.25) is 0 Å². The number of ketones is 1. The molecule has 1 nitrogen and oxygen atoms in total. The second kappa shape index (κ2) is 2.87. The summed E-state index contributed by atoms with van der Waals surface area (Å²) in [5.74, 6) is 0.687. The molecule has 0 heterocycles. The Morgan fingerprint density at radius 1 is 1.70 bits per heavy atom. The van der Waals surface area contributed by atoms with Gasteiger partial charge in [-0.25, -0.2) is 0 Å². The Morgan fingerprint density at radius 2 is 2.30 bits per heavy atom. The molecular weight excluding hydrogens is 192 g/mol. The summed E-state index contributed by atoms with van der Waals surface area (Å²) in [6.45, 7) is 4.10. The molecule has 0 radical (unpaired) electrons. The van der Waals surface area contributed by atoms with Gasteiger partial charge in [0.1, 0.15) is 0 Å². The summed E-state index contributed by atoms with van der Waals surface area (Å²) in [4.78, 5) is 11.4. The molecule has 1 unspecified atom stereocenters. The summed E-state index contributed by atoms with van der Waals surface area (Å²) in [7, 11) is 0. The molecule has 56 valence electrons. The van der Waals surface area contributed by atoms with Crippen molar-refractivity contribution < 1.29 is 4.79 Å². The van der Waals surface area contributed by atoms with Crippen molar-refractivity contribution >= 4 is 21.7 Å². The van der Waals surface area contributed by atoms with E-state index >= 15 is 0 Å². The Balaban J connectivity index is 2.75. The third kappa shape index (κ3) is 1.48. The van der Waals surface area contributed by atoms with Crippen LogP contribution in [0.5, 0.6) is 0 Å². The number of carbonyl (C=O) groups excluding carboxylic acids is 1. The molecule has 0 aromatic heterocycles. The molecule has 1 rings (SSSR count). The van der Waals surface area contributed by atoms with Gasteiger partial charge in [0.25, 0.3) is 0 Å². The van der Waals surface area contributed by atoms with Gasteiger partial charge in [0.05, 0.1) is 0 Å². The van der Waals surface area contributed by atoms with Gasteiger partial charge in [0, 0.05) is 11.2 Å². The molecule has 0 N–H and O–H groups in total. The largest absolute Gasteiger partial charge is 0.295 e. The lowest BCUT2D eigenvalue weighted by Gasteiger charge is -2.01. The minimum atomic E-state index is 0.289. The molecular formula is C8H11BrO. The molecule has 0 aromatic carbocycles. The summed E-state index contributed by atoms with van der Waals surface area (Å²) in [5, 5.41) is 0. The summed E-state index contributed by atoms with van der Waals surface area (Å²) in [6, 6.07) is 0. The smallest absolute Gasteiger partial charge is 0.160 e. The number of Topliss-reactive ketones (excluding diaryl/α,β-unsaturated/α-hetero) is 1. The van der Waals surface area contributed by atoms with E-state index in [-0.39, 0.29) is 4.83 Å². The summed E-state index contributed by atoms with van der Waals surface area (Å²) < 4.78 is 0. The number of allylic oxidation sites excluding steroid dienone is 2. The molecule has 0 aromatic rings. The maximum Gasteiger partial charge on any atom is 0.160 e. The first-order valence-electron chi connectivity index (χ1n) is 3.50. The van der Waals surface area contributed by atoms with Crippen molar-refractivity contribution in [1.82, 2.24) is 0 Å². The summed E-state index contributed by atoms with van der Waals surface area (Å²) in [6.07, 6.45) is 2.67. The van der Waals surface area contributed by atoms with Gasteiger partial charge in [-0.1, -0.05) is 35.9 Å². The maximum absolute atomic E-state index is 11.1. The van der Waals surface area contributed by atoms with Gasteiger partial charge in [0.2, 0.25) is 0 Å². The van der Waals surface area contributed by atoms with Crippen molar-refractivity contribution in [3.8, 4) is 0 Å². The van der Waals surface area contributed by atoms with Gasteiger partial charge in [-0.15, -0.1) is 0 Å². The van der Waals surface area contributed by atoms with Crippen molar-refractivity contribution in [2.24, 2.45) is 5.92 Å². The van der Waals surface area contributed by atoms with Crippen LogP contribution < -0.4 is 0 Å². The number of hydrogen-bond acceptors (Lipinski definition) is 1. The highest BCUT2D eigenvalue weighted by molar-refractivity contribution is 9.09. The fraction of sp³-hybridized carbons (Fsp3) is 0.625. The monoisotopic (exact) mass is 202 g/mol. The minimum absolute atomic E-state index is 0.289. The topological polar surface area (TPSA) is 17.1 Å². The average Bonchev–Trinajstić information content (AvgIpc) is 2.10. The van der Waals surface area contributed by atoms with Gasteiger partial charge < -0.3 is 0 Å². The average molecular weight is 203 g/mol. The highest BCUT2D eigenvalue weighted by Crippen LogP contribution is 2.25. The molecule has 0 bridgehead atoms. The third-order valence-corrected chi connectivity index (χ3v) is 2.27. The van der Waals surface area contributed by atoms with E-state index in [0.717, 1.165) is 5.57 Å². The number of rotatable bonds is 1. The van der Waals surface area contributed by atoms with E-state index < -0.39 is 0 Å². The van der Waals surface area contributed by atoms with E-state index in [2.05, 4.69) is 29.8 Å². The Labute approximate surface area is 69.6 Å². The van der Waals surface area contributed by atoms with Crippen LogP contribution in [0, 0.1) is 5.92 Å². The van der Waals surface area contributed by atoms with Crippen LogP contribution in [0.1, 0.15) is 20.3 Å². The molecule has 0 saturated carbocycles. The van der Waals surface area contributed by atoms with Crippen LogP contribution in [-0.2, 0) is 4.79 Å². The molecule has 0 fully saturated rings. The summed E-state index contributed by atoms with van der Waals surface area (Å²) >= 11 is 3.39. The lowest BCUT2D eigenvalue weighted by molar-refractivity contribution is -0.115. The van der Waals surface area contributed by atoms with Gasteiger partial charge in [0.15, 0.2) is 5.78 Å². The van der Waals surface area contributed by atoms with Crippen LogP contribution in [0.3, 0.4) is 0 Å². The molecule has 1 atom stereocenters. The first-order chi connectivity index (χ1) is 4.61. The Hall–Kier alpha value is -0.110. The number of alkyl halides is 1. The van der Waals surface area contributed by atoms with E-state index in [4.69, 9.17) is 0 Å². The van der Waals surface area contributed by atoms with Crippen LogP contribution in [0.4, 0.5) is 0 Å². The maximum atomic E-state index is 11.1. The van der Waals surface area contributed by atoms with E-state index in [9.17, 15) is 4.79 Å². The number of hydrogen-bond donors (Lipinski definition) is 0. The lowest BCUT2D eigenvalue weighted by atomic mass is 10.0. The van der Waals surface area contributed by atoms with Gasteiger partial charge in [-0.2, -0.15) is 0 Å². The molecule has 1 aliphatic rings. The number of carbonyl (C=O) groups is 1. The molecule has 0 spiro atoms. The normalized spacial score (nSPS) is 25.8. The van der Waals surface area contributed by atoms with Crippen molar-refractivity contribution in [3.05, 3.63) is 11.6 Å². The Bertz CT molecular complexity index is 182. The molecule has 10 heavy (non-hydrogen) atoms. The SMILES string of the molecule is CC(C)C1=CC(Br)CC1=O. The predicted octanol–water partition coefficient (Wildman–Crippen LogP) is 2.31. The van der Waals surface area contributed by atoms with Crippen molar-refractivity contribution in [3.63, 3.8) is 0 Å². The molecule has 0 amide bonds. The highest BCUT2D eigenvalue weighted by Gasteiger charge is 2.23. The van der Waals surface area contributed by atoms with E-state index in [1.807, 2.05) is 6.08 Å². The predicted molar refractivity (Wildman–Crippen MR) is 45.3 cm³/mol. The van der Waals surface area contributed by atoms with Gasteiger partial charge >= 0.3 is 0 Å². The van der Waals surface area contributed by atoms with Crippen molar-refractivity contribution in [1.29, 1.82) is 0 Å². The molecule has 0 saturated heterocycles.